The first kappa shape index (κ1) is 21.7. The van der Waals surface area contributed by atoms with Gasteiger partial charge in [0.2, 0.25) is 10.0 Å². The largest absolute Gasteiger partial charge is 0.356 e. The zero-order valence-electron chi connectivity index (χ0n) is 14.3. The average Bonchev–Trinajstić information content (AvgIpc) is 2.63. The molecule has 1 saturated heterocycles. The lowest BCUT2D eigenvalue weighted by atomic mass is 9.98. The molecule has 0 spiro atoms. The van der Waals surface area contributed by atoms with E-state index in [0.29, 0.717) is 36.4 Å². The Labute approximate surface area is 167 Å². The van der Waals surface area contributed by atoms with Crippen molar-refractivity contribution in [1.29, 1.82) is 0 Å². The van der Waals surface area contributed by atoms with E-state index >= 15 is 0 Å². The second-order valence-corrected chi connectivity index (χ2v) is 7.61. The molecule has 138 valence electrons. The predicted molar refractivity (Wildman–Crippen MR) is 112 cm³/mol. The molecule has 0 bridgehead atoms. The summed E-state index contributed by atoms with van der Waals surface area (Å²) in [5.74, 6) is 3.59. The van der Waals surface area contributed by atoms with Crippen LogP contribution < -0.4 is 10.6 Å². The molecule has 8 heteroatoms. The summed E-state index contributed by atoms with van der Waals surface area (Å²) in [6.07, 6.45) is 6.87. The summed E-state index contributed by atoms with van der Waals surface area (Å²) in [4.78, 5) is 4.46. The van der Waals surface area contributed by atoms with Gasteiger partial charge in [0.05, 0.1) is 11.4 Å². The molecule has 1 heterocycles. The van der Waals surface area contributed by atoms with Crippen LogP contribution in [0.4, 0.5) is 0 Å². The number of aliphatic imine (C=N–C) groups is 1. The molecule has 0 unspecified atom stereocenters. The summed E-state index contributed by atoms with van der Waals surface area (Å²) >= 11 is 0. The van der Waals surface area contributed by atoms with Crippen molar-refractivity contribution in [3.8, 4) is 12.3 Å². The van der Waals surface area contributed by atoms with Crippen molar-refractivity contribution in [3.05, 3.63) is 30.3 Å². The third-order valence-electron chi connectivity index (χ3n) is 4.09. The number of sulfonamides is 1. The number of nitrogens with zero attached hydrogens (tertiary/aromatic N) is 2. The van der Waals surface area contributed by atoms with Gasteiger partial charge in [0, 0.05) is 26.7 Å². The minimum atomic E-state index is -3.38. The molecule has 1 aromatic carbocycles. The zero-order chi connectivity index (χ0) is 17.4. The highest BCUT2D eigenvalue weighted by molar-refractivity contribution is 14.0. The maximum atomic E-state index is 12.6. The number of rotatable bonds is 5. The van der Waals surface area contributed by atoms with Gasteiger partial charge in [-0.3, -0.25) is 4.99 Å². The third kappa shape index (κ3) is 6.17. The van der Waals surface area contributed by atoms with Crippen molar-refractivity contribution >= 4 is 40.0 Å². The summed E-state index contributed by atoms with van der Waals surface area (Å²) in [6, 6.07) is 8.60. The molecule has 2 N–H and O–H groups in total. The lowest BCUT2D eigenvalue weighted by Crippen LogP contribution is -2.44. The van der Waals surface area contributed by atoms with Crippen molar-refractivity contribution in [2.75, 3.05) is 33.2 Å². The fourth-order valence-corrected chi connectivity index (χ4v) is 4.18. The predicted octanol–water partition coefficient (Wildman–Crippen LogP) is 1.50. The second kappa shape index (κ2) is 10.6. The van der Waals surface area contributed by atoms with Crippen LogP contribution in [-0.4, -0.2) is 51.9 Å². The van der Waals surface area contributed by atoms with E-state index in [0.717, 1.165) is 19.4 Å². The molecule has 1 aliphatic rings. The standard InChI is InChI=1S/C17H24N4O2S.HI/c1-3-11-19-17(18-2)20-14-15-9-12-21(13-10-15)24(22,23)16-7-5-4-6-8-16;/h1,4-8,15H,9-14H2,2H3,(H2,18,19,20);1H. The summed E-state index contributed by atoms with van der Waals surface area (Å²) in [6.45, 7) is 2.26. The van der Waals surface area contributed by atoms with E-state index in [-0.39, 0.29) is 24.0 Å². The Morgan fingerprint density at radius 3 is 2.48 bits per heavy atom. The van der Waals surface area contributed by atoms with E-state index in [4.69, 9.17) is 6.42 Å². The number of benzene rings is 1. The van der Waals surface area contributed by atoms with E-state index in [1.807, 2.05) is 6.07 Å². The molecule has 0 amide bonds. The van der Waals surface area contributed by atoms with Crippen LogP contribution >= 0.6 is 24.0 Å². The van der Waals surface area contributed by atoms with Crippen molar-refractivity contribution in [1.82, 2.24) is 14.9 Å². The first-order valence-electron chi connectivity index (χ1n) is 8.01. The highest BCUT2D eigenvalue weighted by Crippen LogP contribution is 2.23. The number of hydrogen-bond donors (Lipinski definition) is 2. The number of nitrogens with one attached hydrogen (secondary N) is 2. The van der Waals surface area contributed by atoms with Gasteiger partial charge in [0.25, 0.3) is 0 Å². The van der Waals surface area contributed by atoms with Crippen LogP contribution in [0.2, 0.25) is 0 Å². The van der Waals surface area contributed by atoms with Crippen LogP contribution in [0.5, 0.6) is 0 Å². The van der Waals surface area contributed by atoms with Gasteiger partial charge in [-0.25, -0.2) is 8.42 Å². The van der Waals surface area contributed by atoms with Crippen LogP contribution in [0.25, 0.3) is 0 Å². The number of hydrogen-bond acceptors (Lipinski definition) is 3. The summed E-state index contributed by atoms with van der Waals surface area (Å²) in [5, 5.41) is 6.24. The van der Waals surface area contributed by atoms with Gasteiger partial charge in [-0.2, -0.15) is 4.31 Å². The fraction of sp³-hybridized carbons (Fsp3) is 0.471. The summed E-state index contributed by atoms with van der Waals surface area (Å²) in [7, 11) is -1.68. The SMILES string of the molecule is C#CCNC(=NC)NCC1CCN(S(=O)(=O)c2ccccc2)CC1.I. The highest BCUT2D eigenvalue weighted by Gasteiger charge is 2.29. The zero-order valence-corrected chi connectivity index (χ0v) is 17.5. The Bertz CT molecular complexity index is 693. The Balaban J connectivity index is 0.00000312. The first-order chi connectivity index (χ1) is 11.6. The Morgan fingerprint density at radius 1 is 1.28 bits per heavy atom. The molecule has 1 aliphatic heterocycles. The van der Waals surface area contributed by atoms with E-state index in [9.17, 15) is 8.42 Å². The molecule has 6 nitrogen and oxygen atoms in total. The van der Waals surface area contributed by atoms with Gasteiger partial charge in [0.1, 0.15) is 0 Å². The fourth-order valence-electron chi connectivity index (χ4n) is 2.69. The molecule has 0 saturated carbocycles. The molecule has 1 aromatic rings. The Hall–Kier alpha value is -1.31. The molecule has 25 heavy (non-hydrogen) atoms. The van der Waals surface area contributed by atoms with Crippen LogP contribution in [0, 0.1) is 18.3 Å². The van der Waals surface area contributed by atoms with E-state index in [2.05, 4.69) is 21.5 Å². The van der Waals surface area contributed by atoms with Gasteiger partial charge < -0.3 is 10.6 Å². The smallest absolute Gasteiger partial charge is 0.243 e. The normalized spacial score (nSPS) is 16.6. The lowest BCUT2D eigenvalue weighted by molar-refractivity contribution is 0.273. The minimum absolute atomic E-state index is 0. The average molecular weight is 476 g/mol. The van der Waals surface area contributed by atoms with Crippen LogP contribution in [-0.2, 0) is 10.0 Å². The maximum absolute atomic E-state index is 12.6. The van der Waals surface area contributed by atoms with Crippen molar-refractivity contribution in [2.45, 2.75) is 17.7 Å². The molecule has 1 fully saturated rings. The Morgan fingerprint density at radius 2 is 1.92 bits per heavy atom. The van der Waals surface area contributed by atoms with Crippen molar-refractivity contribution in [2.24, 2.45) is 10.9 Å². The van der Waals surface area contributed by atoms with Crippen LogP contribution in [0.1, 0.15) is 12.8 Å². The van der Waals surface area contributed by atoms with E-state index in [1.165, 1.54) is 0 Å². The molecule has 2 rings (SSSR count). The quantitative estimate of drug-likeness (QED) is 0.293. The summed E-state index contributed by atoms with van der Waals surface area (Å²) < 4.78 is 26.7. The lowest BCUT2D eigenvalue weighted by Gasteiger charge is -2.31. The first-order valence-corrected chi connectivity index (χ1v) is 9.45. The molecule has 0 atom stereocenters. The number of halogens is 1. The van der Waals surface area contributed by atoms with Gasteiger partial charge in [0.15, 0.2) is 5.96 Å². The van der Waals surface area contributed by atoms with E-state index < -0.39 is 10.0 Å². The van der Waals surface area contributed by atoms with Crippen LogP contribution in [0.3, 0.4) is 0 Å². The number of guanidine groups is 1. The molecular weight excluding hydrogens is 451 g/mol. The van der Waals surface area contributed by atoms with Crippen molar-refractivity contribution in [3.63, 3.8) is 0 Å². The topological polar surface area (TPSA) is 73.8 Å². The molecular formula is C17H25IN4O2S. The van der Waals surface area contributed by atoms with Crippen molar-refractivity contribution < 1.29 is 8.42 Å². The van der Waals surface area contributed by atoms with E-state index in [1.54, 1.807) is 35.6 Å². The third-order valence-corrected chi connectivity index (χ3v) is 6.01. The second-order valence-electron chi connectivity index (χ2n) is 5.67. The van der Waals surface area contributed by atoms with Gasteiger partial charge in [-0.15, -0.1) is 30.4 Å². The number of piperidine rings is 1. The minimum Gasteiger partial charge on any atom is -0.356 e. The van der Waals surface area contributed by atoms with Gasteiger partial charge >= 0.3 is 0 Å². The molecule has 0 radical (unpaired) electrons. The molecule has 0 aliphatic carbocycles. The monoisotopic (exact) mass is 476 g/mol. The highest BCUT2D eigenvalue weighted by atomic mass is 127. The van der Waals surface area contributed by atoms with Crippen LogP contribution in [0.15, 0.2) is 40.2 Å². The summed E-state index contributed by atoms with van der Waals surface area (Å²) in [5.41, 5.74) is 0. The Kier molecular flexibility index (Phi) is 9.24. The van der Waals surface area contributed by atoms with Gasteiger partial charge in [-0.1, -0.05) is 24.1 Å². The van der Waals surface area contributed by atoms with Gasteiger partial charge in [-0.05, 0) is 30.9 Å². The number of terminal acetylenes is 1. The molecule has 0 aromatic heterocycles. The maximum Gasteiger partial charge on any atom is 0.243 e.